The van der Waals surface area contributed by atoms with Gasteiger partial charge in [0, 0.05) is 0 Å². The maximum Gasteiger partial charge on any atom is 4.00 e. The molecule has 0 aliphatic rings. The third kappa shape index (κ3) is 81.1. The van der Waals surface area contributed by atoms with E-state index in [0.29, 0.717) is 0 Å². The van der Waals surface area contributed by atoms with Gasteiger partial charge in [-0.15, -0.1) is 0 Å². The van der Waals surface area contributed by atoms with E-state index in [4.69, 9.17) is 64.2 Å². The fraction of sp³-hybridized carbons (Fsp3) is 0.915. The summed E-state index contributed by atoms with van der Waals surface area (Å²) in [6.45, 7) is 82.8. The largest absolute Gasteiger partial charge is 4.00 e. The van der Waals surface area contributed by atoms with Gasteiger partial charge < -0.3 is 87.8 Å². The molecule has 0 bridgehead atoms. The first kappa shape index (κ1) is 109. The molecule has 0 aliphatic carbocycles. The normalized spacial score (nSPS) is 13.6. The van der Waals surface area contributed by atoms with Crippen LogP contribution in [0.25, 0.3) is 16.0 Å². The van der Waals surface area contributed by atoms with Crippen molar-refractivity contribution < 1.29 is 108 Å². The number of rotatable bonds is 24. The minimum absolute atomic E-state index is 0. The zero-order valence-electron chi connectivity index (χ0n) is 69.7. The van der Waals surface area contributed by atoms with Crippen LogP contribution in [0, 0.1) is 38.0 Å². The Bertz CT molecular complexity index is 1720. The van der Waals surface area contributed by atoms with Gasteiger partial charge in [0.05, 0.1) is 93.4 Å². The van der Waals surface area contributed by atoms with E-state index in [-0.39, 0.29) is 31.1 Å². The Kier molecular flexibility index (Phi) is 52.2. The SMILES string of the molecule is CC(C)(C)O[Si]([O-])(OC(C)(C)C)OC(C)(C)C.CC(C)(C)O[Si]([O-])(OC(C)(C)C)OC(C)(C)C.CC(C)(C)O[Si]([O-])(OC(C)(C)C)OC(C)(C)C.CC(C)(C)O[Si]([O-])(OC(C)(C)C)OC(C)(C)C.CCCC[N+](CCCC)(CCCC)CCCC.Cc1ccccc1.[N-]=[N+]=[N-].[U+4]. The van der Waals surface area contributed by atoms with Crippen LogP contribution in [0.2, 0.25) is 0 Å². The molecule has 0 radical (unpaired) electrons. The van der Waals surface area contributed by atoms with E-state index in [9.17, 15) is 19.2 Å². The number of hydrogen-bond donors (Lipinski definition) is 0. The first-order valence-corrected chi connectivity index (χ1v) is 41.2. The molecule has 0 unspecified atom stereocenters. The molecule has 0 aliphatic heterocycles. The van der Waals surface area contributed by atoms with Gasteiger partial charge in [-0.3, -0.25) is 4.91 Å². The first-order chi connectivity index (χ1) is 41.5. The van der Waals surface area contributed by atoms with E-state index in [0.717, 1.165) is 0 Å². The number of benzene rings is 1. The molecule has 20 nitrogen and oxygen atoms in total. The van der Waals surface area contributed by atoms with Crippen LogP contribution in [0.4, 0.5) is 0 Å². The average Bonchev–Trinajstić information content (AvgIpc) is 0.848. The van der Waals surface area contributed by atoms with Gasteiger partial charge in [-0.05, 0) is 282 Å². The summed E-state index contributed by atoms with van der Waals surface area (Å²) in [6, 6.07) is 10.3. The summed E-state index contributed by atoms with van der Waals surface area (Å²) < 4.78 is 67.6. The van der Waals surface area contributed by atoms with Gasteiger partial charge in [0.15, 0.2) is 0 Å². The van der Waals surface area contributed by atoms with Crippen molar-refractivity contribution in [1.82, 2.24) is 0 Å². The van der Waals surface area contributed by atoms with Gasteiger partial charge in [0.2, 0.25) is 0 Å². The van der Waals surface area contributed by atoms with E-state index in [2.05, 4.69) is 46.8 Å². The monoisotopic (exact) mass is 1670 g/mol. The van der Waals surface area contributed by atoms with Crippen molar-refractivity contribution in [3.63, 3.8) is 0 Å². The Morgan fingerprint density at radius 1 is 0.292 bits per heavy atom. The Labute approximate surface area is 620 Å². The van der Waals surface area contributed by atoms with E-state index in [1.807, 2.05) is 267 Å². The van der Waals surface area contributed by atoms with Crippen molar-refractivity contribution in [2.24, 2.45) is 0 Å². The minimum Gasteiger partial charge on any atom is -0.793 e. The van der Waals surface area contributed by atoms with Crippen LogP contribution in [-0.4, -0.2) is 134 Å². The molecule has 96 heavy (non-hydrogen) atoms. The van der Waals surface area contributed by atoms with Crippen LogP contribution in [-0.2, 0) is 53.1 Å². The molecular formula is C71H152N4O16Si4U. The number of unbranched alkanes of at least 4 members (excludes halogenated alkanes) is 4. The summed E-state index contributed by atoms with van der Waals surface area (Å²) in [5, 5.41) is 0. The van der Waals surface area contributed by atoms with Crippen LogP contribution in [0.3, 0.4) is 0 Å². The molecule has 1 aromatic carbocycles. The number of quaternary nitrogens is 1. The number of aryl methyl sites for hydroxylation is 1. The predicted molar refractivity (Wildman–Crippen MR) is 394 cm³/mol. The van der Waals surface area contributed by atoms with Gasteiger partial charge in [-0.25, -0.2) is 0 Å². The topological polar surface area (TPSA) is 262 Å². The smallest absolute Gasteiger partial charge is 0.793 e. The van der Waals surface area contributed by atoms with Gasteiger partial charge in [0.1, 0.15) is 0 Å². The predicted octanol–water partition coefficient (Wildman–Crippen LogP) is 16.8. The molecule has 25 heteroatoms. The van der Waals surface area contributed by atoms with Crippen LogP contribution in [0.5, 0.6) is 0 Å². The fourth-order valence-electron chi connectivity index (χ4n) is 7.93. The third-order valence-corrected chi connectivity index (χ3v) is 20.4. The van der Waals surface area contributed by atoms with Crippen molar-refractivity contribution >= 4 is 36.2 Å². The molecule has 0 saturated heterocycles. The second-order valence-electron chi connectivity index (χ2n) is 36.0. The minimum atomic E-state index is -3.91. The Balaban J connectivity index is -0.000000198. The summed E-state index contributed by atoms with van der Waals surface area (Å²) in [6.07, 6.45) is 11.1. The van der Waals surface area contributed by atoms with Crippen LogP contribution in [0.1, 0.15) is 334 Å². The first-order valence-electron chi connectivity index (χ1n) is 34.6. The molecule has 1 rings (SSSR count). The Morgan fingerprint density at radius 3 is 0.479 bits per heavy atom. The van der Waals surface area contributed by atoms with Crippen LogP contribution < -0.4 is 19.2 Å². The quantitative estimate of drug-likeness (QED) is 0.0306. The van der Waals surface area contributed by atoms with E-state index in [1.54, 1.807) is 0 Å². The fourth-order valence-corrected chi connectivity index (χ4v) is 17.4. The maximum absolute atomic E-state index is 12.6. The van der Waals surface area contributed by atoms with Crippen LogP contribution >= 0.6 is 0 Å². The molecule has 0 amide bonds. The van der Waals surface area contributed by atoms with E-state index < -0.39 is 103 Å². The van der Waals surface area contributed by atoms with Gasteiger partial charge in [-0.2, -0.15) is 0 Å². The standard InChI is InChI=1S/C16H36N.4C12H27O4Si.C7H8.N3.U/c1-5-9-13-17(14-10-6-2,15-11-7-3)16-12-8-4;4*1-10(2,3)14-17(13,15-11(4,5)6)16-12(7,8)9;1-7-5-3-2-4-6-7;1-3-2;/h5-16H2,1-4H3;4*1-9H3;2-6H,1H3;;/q+1;4*-1;;-1;+4. The van der Waals surface area contributed by atoms with Crippen molar-refractivity contribution in [3.05, 3.63) is 51.9 Å². The van der Waals surface area contributed by atoms with Crippen molar-refractivity contribution in [1.29, 1.82) is 0 Å². The second kappa shape index (κ2) is 45.9. The van der Waals surface area contributed by atoms with Gasteiger partial charge in [0.25, 0.3) is 0 Å². The Morgan fingerprint density at radius 2 is 0.406 bits per heavy atom. The van der Waals surface area contributed by atoms with E-state index in [1.165, 1.54) is 92.5 Å². The average molecular weight is 1670 g/mol. The molecule has 0 aromatic heterocycles. The van der Waals surface area contributed by atoms with Gasteiger partial charge in [-0.1, -0.05) is 89.3 Å². The van der Waals surface area contributed by atoms with Crippen molar-refractivity contribution in [2.75, 3.05) is 26.2 Å². The molecular weight excluding hydrogens is 1520 g/mol. The molecule has 572 valence electrons. The van der Waals surface area contributed by atoms with Crippen molar-refractivity contribution in [2.45, 2.75) is 402 Å². The molecule has 0 saturated carbocycles. The molecule has 0 spiro atoms. The summed E-state index contributed by atoms with van der Waals surface area (Å²) in [7, 11) is -15.6. The summed E-state index contributed by atoms with van der Waals surface area (Å²) in [5.74, 6) is 0. The summed E-state index contributed by atoms with van der Waals surface area (Å²) in [5.41, 5.74) is 7.88. The van der Waals surface area contributed by atoms with Crippen molar-refractivity contribution in [3.8, 4) is 0 Å². The molecule has 0 atom stereocenters. The van der Waals surface area contributed by atoms with Crippen LogP contribution in [0.15, 0.2) is 30.3 Å². The number of hydrogen-bond acceptors (Lipinski definition) is 16. The maximum atomic E-state index is 12.6. The molecule has 0 fully saturated rings. The number of nitrogens with zero attached hydrogens (tertiary/aromatic N) is 4. The zero-order valence-corrected chi connectivity index (χ0v) is 77.9. The third-order valence-electron chi connectivity index (χ3n) is 10.1. The molecule has 0 N–H and O–H groups in total. The Hall–Kier alpha value is -0.231. The summed E-state index contributed by atoms with van der Waals surface area (Å²) >= 11 is 0. The second-order valence-corrected chi connectivity index (χ2v) is 42.4. The van der Waals surface area contributed by atoms with Gasteiger partial charge >= 0.3 is 67.3 Å². The van der Waals surface area contributed by atoms with E-state index >= 15 is 0 Å². The zero-order chi connectivity index (χ0) is 77.3. The molecule has 0 heterocycles. The molecule has 1 aromatic rings. The summed E-state index contributed by atoms with van der Waals surface area (Å²) in [4.78, 5) is 52.0.